The van der Waals surface area contributed by atoms with Gasteiger partial charge in [0.25, 0.3) is 0 Å². The third-order valence-corrected chi connectivity index (χ3v) is 4.11. The molecule has 0 saturated heterocycles. The molecule has 0 aliphatic carbocycles. The number of aliphatic hydroxyl groups excluding tert-OH is 1. The van der Waals surface area contributed by atoms with Crippen molar-refractivity contribution in [2.45, 2.75) is 25.1 Å². The number of carboxylic acid groups (broad SMARTS) is 1. The maximum Gasteiger partial charge on any atom is 0.408 e. The fourth-order valence-electron chi connectivity index (χ4n) is 2.58. The molecule has 2 amide bonds. The molecular weight excluding hydrogens is 390 g/mol. The molecule has 0 aliphatic rings. The highest BCUT2D eigenvalue weighted by molar-refractivity contribution is 5.89. The average molecular weight is 411 g/mol. The molecule has 2 aromatic rings. The second-order valence-electron chi connectivity index (χ2n) is 6.36. The Morgan fingerprint density at radius 3 is 2.33 bits per heavy atom. The number of alkyl carbamates (subject to hydrolysis) is 1. The second-order valence-corrected chi connectivity index (χ2v) is 6.36. The van der Waals surface area contributed by atoms with Gasteiger partial charge in [-0.25, -0.2) is 9.59 Å². The zero-order chi connectivity index (χ0) is 21.9. The molecule has 0 bridgehead atoms. The lowest BCUT2D eigenvalue weighted by atomic mass is 10.0. The first-order valence-electron chi connectivity index (χ1n) is 9.03. The standard InChI is InChI=1S/C21H21N3O6/c22-11-16-8-4-7-15(9-16)10-17(20(27)28)23-19(26)18(12-25)24-21(29)30-13-14-5-2-1-3-6-14/h1-9,17-18,25H,10,12-13H2,(H,23,26)(H,24,29)(H,27,28)/t17-,18+/m1/s1. The van der Waals surface area contributed by atoms with Crippen LogP contribution in [0.1, 0.15) is 16.7 Å². The van der Waals surface area contributed by atoms with Crippen LogP contribution in [-0.4, -0.2) is 46.9 Å². The second kappa shape index (κ2) is 11.2. The number of carbonyl (C=O) groups is 3. The zero-order valence-electron chi connectivity index (χ0n) is 15.9. The summed E-state index contributed by atoms with van der Waals surface area (Å²) >= 11 is 0. The molecule has 9 nitrogen and oxygen atoms in total. The quantitative estimate of drug-likeness (QED) is 0.480. The molecule has 0 aromatic heterocycles. The van der Waals surface area contributed by atoms with Gasteiger partial charge in [-0.15, -0.1) is 0 Å². The van der Waals surface area contributed by atoms with E-state index in [-0.39, 0.29) is 13.0 Å². The van der Waals surface area contributed by atoms with Gasteiger partial charge < -0.3 is 25.6 Å². The summed E-state index contributed by atoms with van der Waals surface area (Å²) in [6, 6.07) is 14.4. The Balaban J connectivity index is 1.94. The van der Waals surface area contributed by atoms with E-state index in [0.717, 1.165) is 5.56 Å². The van der Waals surface area contributed by atoms with Crippen LogP contribution in [0.15, 0.2) is 54.6 Å². The summed E-state index contributed by atoms with van der Waals surface area (Å²) in [6.45, 7) is -0.776. The van der Waals surface area contributed by atoms with E-state index in [4.69, 9.17) is 10.00 Å². The zero-order valence-corrected chi connectivity index (χ0v) is 15.9. The molecule has 4 N–H and O–H groups in total. The van der Waals surface area contributed by atoms with Gasteiger partial charge >= 0.3 is 12.1 Å². The first-order chi connectivity index (χ1) is 14.4. The number of ether oxygens (including phenoxy) is 1. The summed E-state index contributed by atoms with van der Waals surface area (Å²) in [4.78, 5) is 35.8. The molecule has 2 rings (SSSR count). The molecule has 30 heavy (non-hydrogen) atoms. The number of rotatable bonds is 9. The molecule has 0 radical (unpaired) electrons. The van der Waals surface area contributed by atoms with E-state index in [1.54, 1.807) is 42.5 Å². The van der Waals surface area contributed by atoms with E-state index in [9.17, 15) is 24.6 Å². The van der Waals surface area contributed by atoms with Crippen LogP contribution in [0.5, 0.6) is 0 Å². The van der Waals surface area contributed by atoms with Crippen molar-refractivity contribution in [3.63, 3.8) is 0 Å². The van der Waals surface area contributed by atoms with E-state index in [1.807, 2.05) is 12.1 Å². The van der Waals surface area contributed by atoms with E-state index in [1.165, 1.54) is 6.07 Å². The topological polar surface area (TPSA) is 149 Å². The smallest absolute Gasteiger partial charge is 0.408 e. The summed E-state index contributed by atoms with van der Waals surface area (Å²) in [5, 5.41) is 32.3. The highest BCUT2D eigenvalue weighted by Crippen LogP contribution is 2.08. The highest BCUT2D eigenvalue weighted by atomic mass is 16.5. The Bertz CT molecular complexity index is 926. The fraction of sp³-hybridized carbons (Fsp3) is 0.238. The van der Waals surface area contributed by atoms with Crippen LogP contribution >= 0.6 is 0 Å². The molecule has 0 unspecified atom stereocenters. The molecule has 0 spiro atoms. The number of carboxylic acids is 1. The van der Waals surface area contributed by atoms with Crippen molar-refractivity contribution in [2.24, 2.45) is 0 Å². The minimum absolute atomic E-state index is 0.0283. The minimum atomic E-state index is -1.39. The lowest BCUT2D eigenvalue weighted by Crippen LogP contribution is -2.53. The molecule has 9 heteroatoms. The minimum Gasteiger partial charge on any atom is -0.480 e. The first-order valence-corrected chi connectivity index (χ1v) is 9.03. The Morgan fingerprint density at radius 2 is 1.70 bits per heavy atom. The predicted molar refractivity (Wildman–Crippen MR) is 105 cm³/mol. The molecule has 0 aliphatic heterocycles. The molecule has 0 heterocycles. The molecule has 156 valence electrons. The van der Waals surface area contributed by atoms with Gasteiger partial charge in [-0.05, 0) is 23.3 Å². The van der Waals surface area contributed by atoms with Crippen LogP contribution in [0.2, 0.25) is 0 Å². The molecule has 0 saturated carbocycles. The van der Waals surface area contributed by atoms with Crippen LogP contribution in [-0.2, 0) is 27.4 Å². The van der Waals surface area contributed by atoms with Crippen LogP contribution in [0.3, 0.4) is 0 Å². The number of carbonyl (C=O) groups excluding carboxylic acids is 2. The van der Waals surface area contributed by atoms with Gasteiger partial charge in [-0.1, -0.05) is 42.5 Å². The van der Waals surface area contributed by atoms with E-state index < -0.39 is 36.7 Å². The summed E-state index contributed by atoms with van der Waals surface area (Å²) < 4.78 is 5.00. The summed E-state index contributed by atoms with van der Waals surface area (Å²) in [6.07, 6.45) is -1.01. The van der Waals surface area contributed by atoms with Gasteiger partial charge in [-0.3, -0.25) is 4.79 Å². The van der Waals surface area contributed by atoms with Crippen LogP contribution in [0.25, 0.3) is 0 Å². The Morgan fingerprint density at radius 1 is 1.00 bits per heavy atom. The number of aliphatic hydroxyl groups is 1. The van der Waals surface area contributed by atoms with Gasteiger partial charge in [-0.2, -0.15) is 5.26 Å². The maximum atomic E-state index is 12.4. The normalized spacial score (nSPS) is 12.1. The Labute approximate surface area is 172 Å². The first kappa shape index (κ1) is 22.4. The van der Waals surface area contributed by atoms with Crippen LogP contribution in [0.4, 0.5) is 4.79 Å². The number of benzene rings is 2. The molecule has 0 fully saturated rings. The van der Waals surface area contributed by atoms with Crippen molar-refractivity contribution < 1.29 is 29.3 Å². The maximum absolute atomic E-state index is 12.4. The number of hydrogen-bond donors (Lipinski definition) is 4. The lowest BCUT2D eigenvalue weighted by molar-refractivity contribution is -0.142. The van der Waals surface area contributed by atoms with Gasteiger partial charge in [0.05, 0.1) is 18.2 Å². The van der Waals surface area contributed by atoms with Crippen molar-refractivity contribution >= 4 is 18.0 Å². The Kier molecular flexibility index (Phi) is 8.35. The van der Waals surface area contributed by atoms with Crippen LogP contribution < -0.4 is 10.6 Å². The van der Waals surface area contributed by atoms with Crippen molar-refractivity contribution in [2.75, 3.05) is 6.61 Å². The van der Waals surface area contributed by atoms with Crippen molar-refractivity contribution in [1.29, 1.82) is 5.26 Å². The largest absolute Gasteiger partial charge is 0.480 e. The van der Waals surface area contributed by atoms with E-state index in [2.05, 4.69) is 10.6 Å². The summed E-state index contributed by atoms with van der Waals surface area (Å²) in [5.41, 5.74) is 1.64. The van der Waals surface area contributed by atoms with E-state index in [0.29, 0.717) is 11.1 Å². The summed E-state index contributed by atoms with van der Waals surface area (Å²) in [5.74, 6) is -2.17. The molecule has 2 aromatic carbocycles. The highest BCUT2D eigenvalue weighted by Gasteiger charge is 2.26. The number of nitrogens with one attached hydrogen (secondary N) is 2. The summed E-state index contributed by atoms with van der Waals surface area (Å²) in [7, 11) is 0. The fourth-order valence-corrected chi connectivity index (χ4v) is 2.58. The Hall–Kier alpha value is -3.90. The number of nitriles is 1. The van der Waals surface area contributed by atoms with Crippen molar-refractivity contribution in [1.82, 2.24) is 10.6 Å². The monoisotopic (exact) mass is 411 g/mol. The number of nitrogens with zero attached hydrogens (tertiary/aromatic N) is 1. The van der Waals surface area contributed by atoms with Crippen molar-refractivity contribution in [3.8, 4) is 6.07 Å². The third-order valence-electron chi connectivity index (χ3n) is 4.11. The van der Waals surface area contributed by atoms with Gasteiger partial charge in [0.2, 0.25) is 5.91 Å². The van der Waals surface area contributed by atoms with E-state index >= 15 is 0 Å². The van der Waals surface area contributed by atoms with Gasteiger partial charge in [0.1, 0.15) is 18.7 Å². The SMILES string of the molecule is N#Cc1cccc(C[C@@H](NC(=O)[C@H](CO)NC(=O)OCc2ccccc2)C(=O)O)c1. The predicted octanol–water partition coefficient (Wildman–Crippen LogP) is 0.957. The molecule has 2 atom stereocenters. The average Bonchev–Trinajstić information content (AvgIpc) is 2.76. The van der Waals surface area contributed by atoms with Crippen molar-refractivity contribution in [3.05, 3.63) is 71.3 Å². The number of aliphatic carboxylic acids is 1. The molecular formula is C21H21N3O6. The third kappa shape index (κ3) is 6.92. The van der Waals surface area contributed by atoms with Gasteiger partial charge in [0, 0.05) is 6.42 Å². The number of hydrogen-bond acceptors (Lipinski definition) is 6. The van der Waals surface area contributed by atoms with Gasteiger partial charge in [0.15, 0.2) is 0 Å². The van der Waals surface area contributed by atoms with Crippen LogP contribution in [0, 0.1) is 11.3 Å². The lowest BCUT2D eigenvalue weighted by Gasteiger charge is -2.20. The number of amides is 2.